The molecule has 1 heterocycles. The summed E-state index contributed by atoms with van der Waals surface area (Å²) in [6.07, 6.45) is 2.30. The molecule has 1 aromatic carbocycles. The van der Waals surface area contributed by atoms with E-state index in [1.54, 1.807) is 6.07 Å². The van der Waals surface area contributed by atoms with Crippen LogP contribution in [0.5, 0.6) is 0 Å². The molecule has 1 unspecified atom stereocenters. The summed E-state index contributed by atoms with van der Waals surface area (Å²) in [6.45, 7) is 3.99. The predicted molar refractivity (Wildman–Crippen MR) is 65.5 cm³/mol. The second-order valence-corrected chi connectivity index (χ2v) is 4.76. The van der Waals surface area contributed by atoms with Gasteiger partial charge in [0.1, 0.15) is 5.82 Å². The van der Waals surface area contributed by atoms with Crippen LogP contribution in [0, 0.1) is 11.7 Å². The van der Waals surface area contributed by atoms with Crippen LogP contribution in [0.1, 0.15) is 30.1 Å². The maximum absolute atomic E-state index is 13.4. The van der Waals surface area contributed by atoms with Crippen molar-refractivity contribution in [3.8, 4) is 0 Å². The van der Waals surface area contributed by atoms with Gasteiger partial charge in [-0.1, -0.05) is 6.92 Å². The Morgan fingerprint density at radius 1 is 1.47 bits per heavy atom. The summed E-state index contributed by atoms with van der Waals surface area (Å²) in [5.41, 5.74) is 6.17. The Morgan fingerprint density at radius 3 is 2.88 bits per heavy atom. The van der Waals surface area contributed by atoms with E-state index in [1.807, 2.05) is 0 Å². The van der Waals surface area contributed by atoms with E-state index in [2.05, 4.69) is 11.8 Å². The molecule has 0 spiro atoms. The lowest BCUT2D eigenvalue weighted by molar-refractivity contribution is 0.1000. The molecule has 0 bridgehead atoms. The normalized spacial score (nSPS) is 20.4. The number of nitrogens with two attached hydrogens (primary N) is 1. The second-order valence-electron chi connectivity index (χ2n) is 4.76. The molecule has 0 radical (unpaired) electrons. The summed E-state index contributed by atoms with van der Waals surface area (Å²) < 4.78 is 13.4. The zero-order chi connectivity index (χ0) is 12.4. The molecule has 1 aliphatic rings. The van der Waals surface area contributed by atoms with E-state index in [-0.39, 0.29) is 5.56 Å². The molecule has 4 heteroatoms. The Balaban J connectivity index is 2.28. The molecular formula is C13H17FN2O. The number of benzene rings is 1. The van der Waals surface area contributed by atoms with Gasteiger partial charge in [-0.05, 0) is 37.0 Å². The molecule has 92 valence electrons. The van der Waals surface area contributed by atoms with Crippen molar-refractivity contribution in [2.24, 2.45) is 11.7 Å². The van der Waals surface area contributed by atoms with Gasteiger partial charge in [-0.3, -0.25) is 4.79 Å². The number of hydrogen-bond donors (Lipinski definition) is 1. The average molecular weight is 236 g/mol. The van der Waals surface area contributed by atoms with Gasteiger partial charge < -0.3 is 10.6 Å². The minimum absolute atomic E-state index is 0.234. The molecule has 1 fully saturated rings. The van der Waals surface area contributed by atoms with E-state index < -0.39 is 11.7 Å². The van der Waals surface area contributed by atoms with E-state index in [0.29, 0.717) is 5.92 Å². The van der Waals surface area contributed by atoms with Crippen LogP contribution in [0.4, 0.5) is 10.1 Å². The second kappa shape index (κ2) is 4.73. The van der Waals surface area contributed by atoms with Crippen molar-refractivity contribution in [2.75, 3.05) is 18.0 Å². The van der Waals surface area contributed by atoms with Gasteiger partial charge in [0.25, 0.3) is 0 Å². The molecule has 1 aromatic rings. The van der Waals surface area contributed by atoms with E-state index in [9.17, 15) is 9.18 Å². The van der Waals surface area contributed by atoms with Gasteiger partial charge in [0.2, 0.25) is 5.91 Å². The van der Waals surface area contributed by atoms with Gasteiger partial charge >= 0.3 is 0 Å². The van der Waals surface area contributed by atoms with Crippen LogP contribution in [0.2, 0.25) is 0 Å². The van der Waals surface area contributed by atoms with Gasteiger partial charge in [-0.2, -0.15) is 0 Å². The van der Waals surface area contributed by atoms with Crippen molar-refractivity contribution in [1.82, 2.24) is 0 Å². The zero-order valence-electron chi connectivity index (χ0n) is 9.95. The summed E-state index contributed by atoms with van der Waals surface area (Å²) in [6, 6.07) is 4.31. The maximum Gasteiger partial charge on any atom is 0.248 e. The van der Waals surface area contributed by atoms with E-state index in [0.717, 1.165) is 25.2 Å². The van der Waals surface area contributed by atoms with Crippen LogP contribution >= 0.6 is 0 Å². The molecule has 17 heavy (non-hydrogen) atoms. The van der Waals surface area contributed by atoms with Crippen molar-refractivity contribution in [3.05, 3.63) is 29.6 Å². The lowest BCUT2D eigenvalue weighted by atomic mass is 9.99. The average Bonchev–Trinajstić information content (AvgIpc) is 2.28. The highest BCUT2D eigenvalue weighted by Gasteiger charge is 2.18. The van der Waals surface area contributed by atoms with Gasteiger partial charge in [0.05, 0.1) is 0 Å². The summed E-state index contributed by atoms with van der Waals surface area (Å²) in [5.74, 6) is -0.394. The van der Waals surface area contributed by atoms with Gasteiger partial charge in [0.15, 0.2) is 0 Å². The number of halogens is 1. The fourth-order valence-corrected chi connectivity index (χ4v) is 2.32. The number of anilines is 1. The highest BCUT2D eigenvalue weighted by Crippen LogP contribution is 2.24. The largest absolute Gasteiger partial charge is 0.371 e. The quantitative estimate of drug-likeness (QED) is 0.855. The summed E-state index contributed by atoms with van der Waals surface area (Å²) >= 11 is 0. The lowest BCUT2D eigenvalue weighted by Gasteiger charge is -2.33. The number of primary amides is 1. The number of carbonyl (C=O) groups is 1. The number of hydrogen-bond acceptors (Lipinski definition) is 2. The summed E-state index contributed by atoms with van der Waals surface area (Å²) in [5, 5.41) is 0. The maximum atomic E-state index is 13.4. The third-order valence-electron chi connectivity index (χ3n) is 3.19. The Bertz CT molecular complexity index is 433. The molecule has 0 aromatic heterocycles. The number of nitrogens with zero attached hydrogens (tertiary/aromatic N) is 1. The van der Waals surface area contributed by atoms with Crippen LogP contribution in [-0.4, -0.2) is 19.0 Å². The first-order valence-electron chi connectivity index (χ1n) is 5.91. The van der Waals surface area contributed by atoms with Gasteiger partial charge in [-0.15, -0.1) is 0 Å². The number of rotatable bonds is 2. The zero-order valence-corrected chi connectivity index (χ0v) is 9.95. The lowest BCUT2D eigenvalue weighted by Crippen LogP contribution is -2.34. The van der Waals surface area contributed by atoms with Crippen LogP contribution in [-0.2, 0) is 0 Å². The Hall–Kier alpha value is -1.58. The highest BCUT2D eigenvalue weighted by atomic mass is 19.1. The van der Waals surface area contributed by atoms with Crippen LogP contribution in [0.15, 0.2) is 18.2 Å². The van der Waals surface area contributed by atoms with Crippen molar-refractivity contribution in [3.63, 3.8) is 0 Å². The smallest absolute Gasteiger partial charge is 0.248 e. The molecule has 3 nitrogen and oxygen atoms in total. The molecule has 1 aliphatic heterocycles. The summed E-state index contributed by atoms with van der Waals surface area (Å²) in [7, 11) is 0. The Morgan fingerprint density at radius 2 is 2.24 bits per heavy atom. The highest BCUT2D eigenvalue weighted by molar-refractivity contribution is 5.93. The van der Waals surface area contributed by atoms with Crippen molar-refractivity contribution >= 4 is 11.6 Å². The van der Waals surface area contributed by atoms with E-state index in [4.69, 9.17) is 5.73 Å². The minimum atomic E-state index is -0.587. The standard InChI is InChI=1S/C13H17FN2O/c1-9-3-2-4-16(8-9)12-6-10(13(15)17)5-11(14)7-12/h5-7,9H,2-4,8H2,1H3,(H2,15,17). The number of amides is 1. The molecule has 1 atom stereocenters. The molecule has 0 saturated carbocycles. The molecule has 1 amide bonds. The Labute approximate surface area is 100 Å². The topological polar surface area (TPSA) is 46.3 Å². The number of piperidine rings is 1. The van der Waals surface area contributed by atoms with Gasteiger partial charge in [0, 0.05) is 24.3 Å². The summed E-state index contributed by atoms with van der Waals surface area (Å²) in [4.78, 5) is 13.2. The minimum Gasteiger partial charge on any atom is -0.371 e. The van der Waals surface area contributed by atoms with Crippen molar-refractivity contribution in [2.45, 2.75) is 19.8 Å². The molecular weight excluding hydrogens is 219 g/mol. The fraction of sp³-hybridized carbons (Fsp3) is 0.462. The van der Waals surface area contributed by atoms with Crippen LogP contribution in [0.3, 0.4) is 0 Å². The SMILES string of the molecule is CC1CCCN(c2cc(F)cc(C(N)=O)c2)C1. The van der Waals surface area contributed by atoms with E-state index >= 15 is 0 Å². The van der Waals surface area contributed by atoms with Gasteiger partial charge in [-0.25, -0.2) is 4.39 Å². The van der Waals surface area contributed by atoms with Crippen molar-refractivity contribution in [1.29, 1.82) is 0 Å². The molecule has 1 saturated heterocycles. The van der Waals surface area contributed by atoms with Crippen LogP contribution < -0.4 is 10.6 Å². The first-order valence-corrected chi connectivity index (χ1v) is 5.91. The van der Waals surface area contributed by atoms with Crippen LogP contribution in [0.25, 0.3) is 0 Å². The third-order valence-corrected chi connectivity index (χ3v) is 3.19. The monoisotopic (exact) mass is 236 g/mol. The Kier molecular flexibility index (Phi) is 3.31. The third kappa shape index (κ3) is 2.75. The molecule has 0 aliphatic carbocycles. The first-order chi connectivity index (χ1) is 8.06. The number of carbonyl (C=O) groups excluding carboxylic acids is 1. The molecule has 2 rings (SSSR count). The van der Waals surface area contributed by atoms with E-state index in [1.165, 1.54) is 18.6 Å². The first kappa shape index (κ1) is 11.9. The predicted octanol–water partition coefficient (Wildman–Crippen LogP) is 2.16. The van der Waals surface area contributed by atoms with Crippen molar-refractivity contribution < 1.29 is 9.18 Å². The molecule has 2 N–H and O–H groups in total. The fourth-order valence-electron chi connectivity index (χ4n) is 2.32.